The first-order chi connectivity index (χ1) is 4.41. The molecule has 2 aliphatic rings. The molecule has 0 amide bonds. The Morgan fingerprint density at radius 3 is 2.56 bits per heavy atom. The van der Waals surface area contributed by atoms with E-state index in [2.05, 4.69) is 5.32 Å². The van der Waals surface area contributed by atoms with Crippen molar-refractivity contribution >= 4 is 0 Å². The van der Waals surface area contributed by atoms with Crippen molar-refractivity contribution in [2.24, 2.45) is 0 Å². The largest absolute Gasteiger partial charge is 0.335 e. The van der Waals surface area contributed by atoms with Gasteiger partial charge in [-0.15, -0.1) is 0 Å². The molecule has 0 bridgehead atoms. The van der Waals surface area contributed by atoms with Crippen LogP contribution < -0.4 is 5.32 Å². The van der Waals surface area contributed by atoms with E-state index >= 15 is 0 Å². The molecule has 2 rings (SSSR count). The van der Waals surface area contributed by atoms with Gasteiger partial charge in [0.25, 0.3) is 0 Å². The van der Waals surface area contributed by atoms with Crippen LogP contribution in [0.1, 0.15) is 12.8 Å². The Bertz CT molecular complexity index is 86.1. The fraction of sp³-hybridized carbons (Fsp3) is 1.00. The molecule has 0 aromatic heterocycles. The summed E-state index contributed by atoms with van der Waals surface area (Å²) >= 11 is 0. The third-order valence-corrected chi connectivity index (χ3v) is 1.83. The molecule has 0 unspecified atom stereocenters. The van der Waals surface area contributed by atoms with E-state index in [9.17, 15) is 0 Å². The summed E-state index contributed by atoms with van der Waals surface area (Å²) in [5.41, 5.74) is 0. The lowest BCUT2D eigenvalue weighted by Crippen LogP contribution is -2.40. The van der Waals surface area contributed by atoms with Gasteiger partial charge in [0.2, 0.25) is 5.91 Å². The molecule has 2 aliphatic heterocycles. The molecule has 1 spiro atoms. The molecular formula is C6H11NO2. The van der Waals surface area contributed by atoms with E-state index in [1.807, 2.05) is 0 Å². The van der Waals surface area contributed by atoms with Crippen molar-refractivity contribution in [2.45, 2.75) is 18.8 Å². The van der Waals surface area contributed by atoms with Crippen LogP contribution in [0.25, 0.3) is 0 Å². The van der Waals surface area contributed by atoms with Gasteiger partial charge in [0.1, 0.15) is 0 Å². The molecule has 1 N–H and O–H groups in total. The molecule has 0 saturated carbocycles. The molecule has 2 heterocycles. The van der Waals surface area contributed by atoms with E-state index in [0.29, 0.717) is 0 Å². The normalized spacial score (nSPS) is 32.0. The highest BCUT2D eigenvalue weighted by Gasteiger charge is 2.38. The Balaban J connectivity index is 2.04. The average molecular weight is 129 g/mol. The number of nitrogens with one attached hydrogen (secondary N) is 1. The second-order valence-electron chi connectivity index (χ2n) is 2.48. The third-order valence-electron chi connectivity index (χ3n) is 1.83. The summed E-state index contributed by atoms with van der Waals surface area (Å²) in [4.78, 5) is 0. The van der Waals surface area contributed by atoms with E-state index in [0.717, 1.165) is 26.2 Å². The van der Waals surface area contributed by atoms with Crippen molar-refractivity contribution in [2.75, 3.05) is 19.8 Å². The van der Waals surface area contributed by atoms with Crippen molar-refractivity contribution < 1.29 is 9.47 Å². The summed E-state index contributed by atoms with van der Waals surface area (Å²) in [5.74, 6) is -0.361. The van der Waals surface area contributed by atoms with Gasteiger partial charge in [-0.2, -0.15) is 0 Å². The molecule has 3 nitrogen and oxygen atoms in total. The predicted octanol–water partition coefficient (Wildman–Crippen LogP) is 0.0704. The molecule has 0 aromatic carbocycles. The highest BCUT2D eigenvalue weighted by molar-refractivity contribution is 4.77. The molecule has 3 heteroatoms. The van der Waals surface area contributed by atoms with Gasteiger partial charge in [0.15, 0.2) is 0 Å². The zero-order valence-electron chi connectivity index (χ0n) is 5.35. The molecule has 9 heavy (non-hydrogen) atoms. The second-order valence-corrected chi connectivity index (χ2v) is 2.48. The van der Waals surface area contributed by atoms with Crippen molar-refractivity contribution in [1.29, 1.82) is 0 Å². The van der Waals surface area contributed by atoms with Crippen LogP contribution in [0.5, 0.6) is 0 Å². The molecule has 0 aliphatic carbocycles. The summed E-state index contributed by atoms with van der Waals surface area (Å²) in [7, 11) is 0. The lowest BCUT2D eigenvalue weighted by Gasteiger charge is -2.20. The highest BCUT2D eigenvalue weighted by Crippen LogP contribution is 2.25. The SMILES string of the molecule is C1CNC2(C1)OCCO2. The standard InChI is InChI=1S/C6H11NO2/c1-2-6(7-3-1)8-4-5-9-6/h7H,1-5H2. The Morgan fingerprint density at radius 2 is 2.00 bits per heavy atom. The van der Waals surface area contributed by atoms with Crippen LogP contribution in [0.2, 0.25) is 0 Å². The van der Waals surface area contributed by atoms with Crippen molar-refractivity contribution in [3.05, 3.63) is 0 Å². The van der Waals surface area contributed by atoms with Gasteiger partial charge < -0.3 is 9.47 Å². The lowest BCUT2D eigenvalue weighted by molar-refractivity contribution is -0.167. The first-order valence-electron chi connectivity index (χ1n) is 3.44. The van der Waals surface area contributed by atoms with Crippen LogP contribution in [0.3, 0.4) is 0 Å². The lowest BCUT2D eigenvalue weighted by atomic mass is 10.3. The molecule has 2 saturated heterocycles. The Morgan fingerprint density at radius 1 is 1.22 bits per heavy atom. The van der Waals surface area contributed by atoms with Gasteiger partial charge in [0.05, 0.1) is 13.2 Å². The minimum Gasteiger partial charge on any atom is -0.335 e. The molecular weight excluding hydrogens is 118 g/mol. The molecule has 0 aromatic rings. The van der Waals surface area contributed by atoms with E-state index < -0.39 is 0 Å². The van der Waals surface area contributed by atoms with E-state index in [4.69, 9.17) is 9.47 Å². The summed E-state index contributed by atoms with van der Waals surface area (Å²) in [6.07, 6.45) is 2.17. The zero-order chi connectivity index (χ0) is 6.16. The third kappa shape index (κ3) is 0.852. The quantitative estimate of drug-likeness (QED) is 0.502. The number of hydrogen-bond acceptors (Lipinski definition) is 3. The van der Waals surface area contributed by atoms with Crippen LogP contribution in [0.15, 0.2) is 0 Å². The van der Waals surface area contributed by atoms with Crippen molar-refractivity contribution in [1.82, 2.24) is 5.32 Å². The van der Waals surface area contributed by atoms with Crippen LogP contribution >= 0.6 is 0 Å². The van der Waals surface area contributed by atoms with Gasteiger partial charge in [0, 0.05) is 13.0 Å². The second kappa shape index (κ2) is 1.94. The summed E-state index contributed by atoms with van der Waals surface area (Å²) in [6.45, 7) is 2.51. The van der Waals surface area contributed by atoms with Crippen LogP contribution in [0.4, 0.5) is 0 Å². The average Bonchev–Trinajstić information content (AvgIpc) is 2.45. The van der Waals surface area contributed by atoms with E-state index in [1.54, 1.807) is 0 Å². The highest BCUT2D eigenvalue weighted by atomic mass is 16.8. The molecule has 0 radical (unpaired) electrons. The Hall–Kier alpha value is -0.120. The molecule has 2 fully saturated rings. The van der Waals surface area contributed by atoms with Gasteiger partial charge >= 0.3 is 0 Å². The fourth-order valence-corrected chi connectivity index (χ4v) is 1.39. The van der Waals surface area contributed by atoms with E-state index in [1.165, 1.54) is 6.42 Å². The maximum atomic E-state index is 5.37. The van der Waals surface area contributed by atoms with Gasteiger partial charge in [-0.25, -0.2) is 0 Å². The van der Waals surface area contributed by atoms with Crippen LogP contribution in [0, 0.1) is 0 Å². The van der Waals surface area contributed by atoms with Gasteiger partial charge in [-0.1, -0.05) is 0 Å². The maximum Gasteiger partial charge on any atom is 0.227 e. The topological polar surface area (TPSA) is 30.5 Å². The first kappa shape index (κ1) is 5.65. The summed E-state index contributed by atoms with van der Waals surface area (Å²) < 4.78 is 10.7. The van der Waals surface area contributed by atoms with Crippen molar-refractivity contribution in [3.63, 3.8) is 0 Å². The fourth-order valence-electron chi connectivity index (χ4n) is 1.39. The number of ether oxygens (including phenoxy) is 2. The van der Waals surface area contributed by atoms with Gasteiger partial charge in [-0.3, -0.25) is 5.32 Å². The summed E-state index contributed by atoms with van der Waals surface area (Å²) in [6, 6.07) is 0. The minimum absolute atomic E-state index is 0.361. The summed E-state index contributed by atoms with van der Waals surface area (Å²) in [5, 5.41) is 3.19. The van der Waals surface area contributed by atoms with Crippen LogP contribution in [-0.2, 0) is 9.47 Å². The number of rotatable bonds is 0. The Kier molecular flexibility index (Phi) is 1.22. The van der Waals surface area contributed by atoms with E-state index in [-0.39, 0.29) is 5.91 Å². The Labute approximate surface area is 54.3 Å². The van der Waals surface area contributed by atoms with Crippen LogP contribution in [-0.4, -0.2) is 25.7 Å². The number of hydrogen-bond donors (Lipinski definition) is 1. The smallest absolute Gasteiger partial charge is 0.227 e. The first-order valence-corrected chi connectivity index (χ1v) is 3.44. The predicted molar refractivity (Wildman–Crippen MR) is 31.9 cm³/mol. The molecule has 0 atom stereocenters. The van der Waals surface area contributed by atoms with Crippen molar-refractivity contribution in [3.8, 4) is 0 Å². The zero-order valence-corrected chi connectivity index (χ0v) is 5.35. The maximum absolute atomic E-state index is 5.37. The molecule has 52 valence electrons. The monoisotopic (exact) mass is 129 g/mol. The van der Waals surface area contributed by atoms with Gasteiger partial charge in [-0.05, 0) is 6.42 Å². The minimum atomic E-state index is -0.361.